The van der Waals surface area contributed by atoms with Crippen LogP contribution in [-0.4, -0.2) is 42.5 Å². The number of hydrogen-bond acceptors (Lipinski definition) is 6. The lowest BCUT2D eigenvalue weighted by molar-refractivity contribution is -0.122. The molecule has 2 aromatic rings. The quantitative estimate of drug-likeness (QED) is 0.563. The van der Waals surface area contributed by atoms with Gasteiger partial charge in [-0.2, -0.15) is 5.10 Å². The molecule has 1 aliphatic heterocycles. The Balaban J connectivity index is 1.53. The molecule has 3 rings (SSSR count). The fraction of sp³-hybridized carbons (Fsp3) is 0.200. The second kappa shape index (κ2) is 9.33. The van der Waals surface area contributed by atoms with E-state index >= 15 is 0 Å². The van der Waals surface area contributed by atoms with E-state index in [1.54, 1.807) is 6.21 Å². The number of rotatable bonds is 6. The number of thioether (sulfide) groups is 1. The molecule has 2 N–H and O–H groups in total. The molecule has 0 aliphatic carbocycles. The molecule has 1 aliphatic rings. The molecule has 0 aromatic heterocycles. The number of nitrogens with one attached hydrogen (secondary N) is 2. The molecule has 1 atom stereocenters. The molecular weight excluding hydrogens is 393 g/mol. The van der Waals surface area contributed by atoms with Gasteiger partial charge in [-0.15, -0.1) is 5.10 Å². The number of benzene rings is 2. The molecule has 29 heavy (non-hydrogen) atoms. The Morgan fingerprint density at radius 2 is 1.90 bits per heavy atom. The largest absolute Gasteiger partial charge is 0.378 e. The highest BCUT2D eigenvalue weighted by Crippen LogP contribution is 2.23. The predicted octanol–water partition coefficient (Wildman–Crippen LogP) is 2.84. The van der Waals surface area contributed by atoms with Crippen molar-refractivity contribution in [3.63, 3.8) is 0 Å². The van der Waals surface area contributed by atoms with Gasteiger partial charge in [-0.25, -0.2) is 4.39 Å². The van der Waals surface area contributed by atoms with Crippen LogP contribution in [0.2, 0.25) is 0 Å². The fourth-order valence-electron chi connectivity index (χ4n) is 2.51. The van der Waals surface area contributed by atoms with Crippen LogP contribution in [0.3, 0.4) is 0 Å². The first-order valence-electron chi connectivity index (χ1n) is 8.82. The van der Waals surface area contributed by atoms with Gasteiger partial charge in [0.05, 0.1) is 6.21 Å². The third kappa shape index (κ3) is 5.89. The highest BCUT2D eigenvalue weighted by Gasteiger charge is 2.32. The van der Waals surface area contributed by atoms with Crippen molar-refractivity contribution in [3.05, 3.63) is 59.9 Å². The number of amides is 2. The van der Waals surface area contributed by atoms with E-state index in [-0.39, 0.29) is 24.1 Å². The Morgan fingerprint density at radius 3 is 2.55 bits per heavy atom. The van der Waals surface area contributed by atoms with Gasteiger partial charge in [-0.1, -0.05) is 23.9 Å². The lowest BCUT2D eigenvalue weighted by atomic mass is 10.2. The summed E-state index contributed by atoms with van der Waals surface area (Å²) in [5.74, 6) is -1.02. The van der Waals surface area contributed by atoms with E-state index in [4.69, 9.17) is 0 Å². The molecule has 0 saturated carbocycles. The van der Waals surface area contributed by atoms with Gasteiger partial charge < -0.3 is 15.5 Å². The average Bonchev–Trinajstić information content (AvgIpc) is 3.03. The molecule has 0 spiro atoms. The van der Waals surface area contributed by atoms with Crippen molar-refractivity contribution in [2.75, 3.05) is 24.3 Å². The summed E-state index contributed by atoms with van der Waals surface area (Å²) in [5, 5.41) is 13.0. The number of amidine groups is 1. The van der Waals surface area contributed by atoms with Crippen LogP contribution in [0.15, 0.2) is 58.7 Å². The van der Waals surface area contributed by atoms with E-state index in [2.05, 4.69) is 20.8 Å². The first-order chi connectivity index (χ1) is 13.9. The Morgan fingerprint density at radius 1 is 1.21 bits per heavy atom. The van der Waals surface area contributed by atoms with Crippen LogP contribution in [-0.2, 0) is 9.59 Å². The topological polar surface area (TPSA) is 86.2 Å². The van der Waals surface area contributed by atoms with Gasteiger partial charge in [0.25, 0.3) is 0 Å². The molecule has 1 heterocycles. The Labute approximate surface area is 172 Å². The molecule has 9 heteroatoms. The number of nitrogens with zero attached hydrogens (tertiary/aromatic N) is 3. The van der Waals surface area contributed by atoms with E-state index in [1.165, 1.54) is 24.3 Å². The highest BCUT2D eigenvalue weighted by molar-refractivity contribution is 8.15. The molecular formula is C20H20FN5O2S. The minimum atomic E-state index is -0.594. The summed E-state index contributed by atoms with van der Waals surface area (Å²) in [4.78, 5) is 26.2. The zero-order chi connectivity index (χ0) is 20.8. The van der Waals surface area contributed by atoms with Crippen LogP contribution in [0.25, 0.3) is 0 Å². The van der Waals surface area contributed by atoms with E-state index in [9.17, 15) is 14.0 Å². The zero-order valence-corrected chi connectivity index (χ0v) is 16.7. The van der Waals surface area contributed by atoms with Crippen LogP contribution >= 0.6 is 11.8 Å². The molecule has 0 radical (unpaired) electrons. The molecule has 1 unspecified atom stereocenters. The smallest absolute Gasteiger partial charge is 0.240 e. The lowest BCUT2D eigenvalue weighted by Gasteiger charge is -2.11. The number of carbonyl (C=O) groups is 2. The van der Waals surface area contributed by atoms with Gasteiger partial charge in [0.15, 0.2) is 5.17 Å². The van der Waals surface area contributed by atoms with Gasteiger partial charge in [-0.3, -0.25) is 9.59 Å². The first kappa shape index (κ1) is 20.5. The van der Waals surface area contributed by atoms with Crippen LogP contribution in [0, 0.1) is 5.82 Å². The molecule has 1 fully saturated rings. The Kier molecular flexibility index (Phi) is 6.61. The van der Waals surface area contributed by atoms with Crippen molar-refractivity contribution in [1.29, 1.82) is 0 Å². The third-order valence-corrected chi connectivity index (χ3v) is 5.11. The first-order valence-corrected chi connectivity index (χ1v) is 9.70. The summed E-state index contributed by atoms with van der Waals surface area (Å²) in [6.45, 7) is 0. The van der Waals surface area contributed by atoms with E-state index < -0.39 is 5.25 Å². The third-order valence-electron chi connectivity index (χ3n) is 4.04. The second-order valence-electron chi connectivity index (χ2n) is 6.49. The summed E-state index contributed by atoms with van der Waals surface area (Å²) in [6.07, 6.45) is 1.57. The van der Waals surface area contributed by atoms with Crippen molar-refractivity contribution in [2.45, 2.75) is 11.7 Å². The van der Waals surface area contributed by atoms with Gasteiger partial charge in [0, 0.05) is 31.9 Å². The molecule has 0 bridgehead atoms. The summed E-state index contributed by atoms with van der Waals surface area (Å²) in [6, 6.07) is 13.2. The van der Waals surface area contributed by atoms with Crippen LogP contribution in [0.1, 0.15) is 12.0 Å². The zero-order valence-electron chi connectivity index (χ0n) is 15.9. The van der Waals surface area contributed by atoms with Crippen LogP contribution in [0.5, 0.6) is 0 Å². The highest BCUT2D eigenvalue weighted by atomic mass is 32.2. The number of carbonyl (C=O) groups excluding carboxylic acids is 2. The van der Waals surface area contributed by atoms with Gasteiger partial charge >= 0.3 is 0 Å². The van der Waals surface area contributed by atoms with E-state index in [1.807, 2.05) is 43.3 Å². The number of hydrogen-bond donors (Lipinski definition) is 2. The summed E-state index contributed by atoms with van der Waals surface area (Å²) in [7, 11) is 3.93. The molecule has 2 aromatic carbocycles. The maximum atomic E-state index is 12.9. The second-order valence-corrected chi connectivity index (χ2v) is 7.68. The molecule has 1 saturated heterocycles. The average molecular weight is 413 g/mol. The predicted molar refractivity (Wildman–Crippen MR) is 115 cm³/mol. The monoisotopic (exact) mass is 413 g/mol. The standard InChI is InChI=1S/C20H20FN5O2S/c1-26(2)16-9-3-13(4-10-16)12-22-25-20-24-19(28)17(29-20)11-18(27)23-15-7-5-14(21)6-8-15/h3-10,12,17H,11H2,1-2H3,(H,23,27)(H,24,25,28)/b22-12-. The lowest BCUT2D eigenvalue weighted by Crippen LogP contribution is -2.28. The van der Waals surface area contributed by atoms with Crippen LogP contribution < -0.4 is 15.5 Å². The summed E-state index contributed by atoms with van der Waals surface area (Å²) < 4.78 is 12.9. The van der Waals surface area contributed by atoms with E-state index in [0.717, 1.165) is 23.0 Å². The SMILES string of the molecule is CN(C)c1ccc(/C=N\N=C2/NC(=O)C(CC(=O)Nc3ccc(F)cc3)S2)cc1. The minimum Gasteiger partial charge on any atom is -0.378 e. The molecule has 150 valence electrons. The maximum absolute atomic E-state index is 12.9. The van der Waals surface area contributed by atoms with Crippen molar-refractivity contribution in [2.24, 2.45) is 10.2 Å². The van der Waals surface area contributed by atoms with Gasteiger partial charge in [-0.05, 0) is 42.0 Å². The number of anilines is 2. The van der Waals surface area contributed by atoms with E-state index in [0.29, 0.717) is 10.9 Å². The van der Waals surface area contributed by atoms with Crippen molar-refractivity contribution < 1.29 is 14.0 Å². The number of halogens is 1. The summed E-state index contributed by atoms with van der Waals surface area (Å²) in [5.41, 5.74) is 2.43. The molecule has 2 amide bonds. The van der Waals surface area contributed by atoms with Crippen molar-refractivity contribution in [1.82, 2.24) is 5.32 Å². The maximum Gasteiger partial charge on any atom is 0.240 e. The normalized spacial score (nSPS) is 17.6. The van der Waals surface area contributed by atoms with Gasteiger partial charge in [0.1, 0.15) is 11.1 Å². The van der Waals surface area contributed by atoms with Crippen molar-refractivity contribution >= 4 is 46.3 Å². The molecule has 7 nitrogen and oxygen atoms in total. The van der Waals surface area contributed by atoms with Crippen molar-refractivity contribution in [3.8, 4) is 0 Å². The Hall–Kier alpha value is -3.20. The Bertz CT molecular complexity index is 942. The van der Waals surface area contributed by atoms with Crippen LogP contribution in [0.4, 0.5) is 15.8 Å². The summed E-state index contributed by atoms with van der Waals surface area (Å²) >= 11 is 1.15. The van der Waals surface area contributed by atoms with Gasteiger partial charge in [0.2, 0.25) is 11.8 Å². The minimum absolute atomic E-state index is 0.0252. The fourth-order valence-corrected chi connectivity index (χ4v) is 3.43.